The van der Waals surface area contributed by atoms with Crippen molar-refractivity contribution in [3.63, 3.8) is 0 Å². The molecule has 3 heteroatoms. The number of benzene rings is 1. The summed E-state index contributed by atoms with van der Waals surface area (Å²) in [5.74, 6) is 0.943. The summed E-state index contributed by atoms with van der Waals surface area (Å²) in [7, 11) is 0. The van der Waals surface area contributed by atoms with Crippen LogP contribution in [0.1, 0.15) is 18.2 Å². The van der Waals surface area contributed by atoms with Crippen LogP contribution in [0.2, 0.25) is 0 Å². The van der Waals surface area contributed by atoms with E-state index in [9.17, 15) is 0 Å². The van der Waals surface area contributed by atoms with E-state index >= 15 is 0 Å². The Morgan fingerprint density at radius 3 is 3.00 bits per heavy atom. The summed E-state index contributed by atoms with van der Waals surface area (Å²) in [5.41, 5.74) is 7.51. The molecule has 3 nitrogen and oxygen atoms in total. The van der Waals surface area contributed by atoms with Crippen molar-refractivity contribution in [3.8, 4) is 0 Å². The Morgan fingerprint density at radius 1 is 1.46 bits per heavy atom. The van der Waals surface area contributed by atoms with E-state index in [1.54, 1.807) is 0 Å². The highest BCUT2D eigenvalue weighted by atomic mass is 16.5. The number of nitrogens with two attached hydrogens (primary N) is 1. The van der Waals surface area contributed by atoms with Crippen LogP contribution in [0.3, 0.4) is 0 Å². The standard InChI is InChI=1S/C10H12N2O/c1-2-10-8-4-3-7(6-11)5-9(8)12-13-10/h3-5H,2,6,11H2,1H3. The number of rotatable bonds is 2. The summed E-state index contributed by atoms with van der Waals surface area (Å²) in [6.07, 6.45) is 0.873. The van der Waals surface area contributed by atoms with Crippen LogP contribution in [0, 0.1) is 0 Å². The molecule has 1 aromatic carbocycles. The normalized spacial score (nSPS) is 10.9. The molecule has 2 N–H and O–H groups in total. The van der Waals surface area contributed by atoms with Crippen LogP contribution in [-0.2, 0) is 13.0 Å². The third-order valence-electron chi connectivity index (χ3n) is 2.17. The van der Waals surface area contributed by atoms with Crippen molar-refractivity contribution in [1.29, 1.82) is 0 Å². The minimum absolute atomic E-state index is 0.546. The third-order valence-corrected chi connectivity index (χ3v) is 2.17. The van der Waals surface area contributed by atoms with Gasteiger partial charge in [-0.1, -0.05) is 18.1 Å². The van der Waals surface area contributed by atoms with Gasteiger partial charge in [0.2, 0.25) is 0 Å². The molecule has 0 aliphatic carbocycles. The molecule has 2 rings (SSSR count). The topological polar surface area (TPSA) is 52.0 Å². The molecular weight excluding hydrogens is 164 g/mol. The van der Waals surface area contributed by atoms with Crippen LogP contribution in [0.4, 0.5) is 0 Å². The van der Waals surface area contributed by atoms with Gasteiger partial charge < -0.3 is 10.3 Å². The van der Waals surface area contributed by atoms with Crippen LogP contribution >= 0.6 is 0 Å². The molecule has 68 valence electrons. The molecule has 0 radical (unpaired) electrons. The zero-order valence-electron chi connectivity index (χ0n) is 7.58. The second-order valence-corrected chi connectivity index (χ2v) is 3.01. The van der Waals surface area contributed by atoms with Gasteiger partial charge in [0.1, 0.15) is 11.3 Å². The minimum Gasteiger partial charge on any atom is -0.360 e. The maximum absolute atomic E-state index is 5.52. The summed E-state index contributed by atoms with van der Waals surface area (Å²) < 4.78 is 5.17. The summed E-state index contributed by atoms with van der Waals surface area (Å²) in [6.45, 7) is 2.60. The Labute approximate surface area is 76.5 Å². The Hall–Kier alpha value is -1.35. The van der Waals surface area contributed by atoms with Gasteiger partial charge in [0.25, 0.3) is 0 Å². The molecule has 0 fully saturated rings. The van der Waals surface area contributed by atoms with Crippen molar-refractivity contribution in [3.05, 3.63) is 29.5 Å². The van der Waals surface area contributed by atoms with Gasteiger partial charge in [0, 0.05) is 18.4 Å². The fourth-order valence-corrected chi connectivity index (χ4v) is 1.42. The molecule has 0 atom stereocenters. The molecule has 2 aromatic rings. The van der Waals surface area contributed by atoms with Gasteiger partial charge in [-0.15, -0.1) is 0 Å². The molecule has 0 aliphatic rings. The Kier molecular flexibility index (Phi) is 2.02. The second kappa shape index (κ2) is 3.18. The van der Waals surface area contributed by atoms with Gasteiger partial charge in [-0.2, -0.15) is 0 Å². The molecule has 0 aliphatic heterocycles. The first-order valence-corrected chi connectivity index (χ1v) is 4.42. The van der Waals surface area contributed by atoms with E-state index in [-0.39, 0.29) is 0 Å². The first-order valence-electron chi connectivity index (χ1n) is 4.42. The minimum atomic E-state index is 0.546. The molecule has 0 unspecified atom stereocenters. The van der Waals surface area contributed by atoms with Crippen molar-refractivity contribution < 1.29 is 4.52 Å². The first-order chi connectivity index (χ1) is 6.35. The second-order valence-electron chi connectivity index (χ2n) is 3.01. The number of hydrogen-bond donors (Lipinski definition) is 1. The molecule has 0 saturated carbocycles. The van der Waals surface area contributed by atoms with E-state index < -0.39 is 0 Å². The molecular formula is C10H12N2O. The van der Waals surface area contributed by atoms with Gasteiger partial charge >= 0.3 is 0 Å². The Bertz CT molecular complexity index is 420. The molecule has 0 saturated heterocycles. The zero-order valence-corrected chi connectivity index (χ0v) is 7.58. The third kappa shape index (κ3) is 1.31. The summed E-state index contributed by atoms with van der Waals surface area (Å²) >= 11 is 0. The lowest BCUT2D eigenvalue weighted by Gasteiger charge is -1.94. The number of fused-ring (bicyclic) bond motifs is 1. The van der Waals surface area contributed by atoms with E-state index in [4.69, 9.17) is 10.3 Å². The zero-order chi connectivity index (χ0) is 9.26. The molecule has 0 bridgehead atoms. The molecule has 0 spiro atoms. The first kappa shape index (κ1) is 8.26. The van der Waals surface area contributed by atoms with Gasteiger partial charge in [-0.05, 0) is 17.7 Å². The van der Waals surface area contributed by atoms with Gasteiger partial charge in [-0.3, -0.25) is 0 Å². The molecule has 13 heavy (non-hydrogen) atoms. The monoisotopic (exact) mass is 176 g/mol. The summed E-state index contributed by atoms with van der Waals surface area (Å²) in [4.78, 5) is 0. The highest BCUT2D eigenvalue weighted by Crippen LogP contribution is 2.19. The summed E-state index contributed by atoms with van der Waals surface area (Å²) in [6, 6.07) is 6.00. The number of nitrogens with zero attached hydrogens (tertiary/aromatic N) is 1. The fraction of sp³-hybridized carbons (Fsp3) is 0.300. The van der Waals surface area contributed by atoms with Crippen molar-refractivity contribution in [2.24, 2.45) is 5.73 Å². The highest BCUT2D eigenvalue weighted by molar-refractivity contribution is 5.81. The Morgan fingerprint density at radius 2 is 2.31 bits per heavy atom. The van der Waals surface area contributed by atoms with Crippen molar-refractivity contribution in [2.75, 3.05) is 0 Å². The van der Waals surface area contributed by atoms with E-state index in [0.29, 0.717) is 6.54 Å². The van der Waals surface area contributed by atoms with E-state index in [0.717, 1.165) is 28.6 Å². The number of hydrogen-bond acceptors (Lipinski definition) is 3. The van der Waals surface area contributed by atoms with Crippen LogP contribution < -0.4 is 5.73 Å². The largest absolute Gasteiger partial charge is 0.360 e. The smallest absolute Gasteiger partial charge is 0.144 e. The average Bonchev–Trinajstić information content (AvgIpc) is 2.59. The van der Waals surface area contributed by atoms with Gasteiger partial charge in [0.15, 0.2) is 0 Å². The maximum Gasteiger partial charge on any atom is 0.144 e. The lowest BCUT2D eigenvalue weighted by atomic mass is 10.1. The van der Waals surface area contributed by atoms with E-state index in [1.165, 1.54) is 0 Å². The highest BCUT2D eigenvalue weighted by Gasteiger charge is 2.05. The number of aromatic nitrogens is 1. The summed E-state index contributed by atoms with van der Waals surface area (Å²) in [5, 5.41) is 5.06. The Balaban J connectivity index is 2.61. The van der Waals surface area contributed by atoms with Gasteiger partial charge in [-0.25, -0.2) is 0 Å². The number of aryl methyl sites for hydroxylation is 1. The molecule has 0 amide bonds. The predicted octanol–water partition coefficient (Wildman–Crippen LogP) is 1.85. The average molecular weight is 176 g/mol. The van der Waals surface area contributed by atoms with Crippen LogP contribution in [0.15, 0.2) is 22.7 Å². The lowest BCUT2D eigenvalue weighted by molar-refractivity contribution is 0.395. The maximum atomic E-state index is 5.52. The van der Waals surface area contributed by atoms with Crippen LogP contribution in [0.25, 0.3) is 10.9 Å². The van der Waals surface area contributed by atoms with Gasteiger partial charge in [0.05, 0.1) is 0 Å². The predicted molar refractivity (Wildman–Crippen MR) is 51.3 cm³/mol. The van der Waals surface area contributed by atoms with Crippen LogP contribution in [-0.4, -0.2) is 5.16 Å². The van der Waals surface area contributed by atoms with Crippen molar-refractivity contribution in [1.82, 2.24) is 5.16 Å². The molecule has 1 aromatic heterocycles. The lowest BCUT2D eigenvalue weighted by Crippen LogP contribution is -1.95. The van der Waals surface area contributed by atoms with E-state index in [1.807, 2.05) is 18.2 Å². The quantitative estimate of drug-likeness (QED) is 0.759. The van der Waals surface area contributed by atoms with E-state index in [2.05, 4.69) is 12.1 Å². The van der Waals surface area contributed by atoms with Crippen molar-refractivity contribution >= 4 is 10.9 Å². The fourth-order valence-electron chi connectivity index (χ4n) is 1.42. The molecule has 1 heterocycles. The van der Waals surface area contributed by atoms with Crippen LogP contribution in [0.5, 0.6) is 0 Å². The SMILES string of the molecule is CCc1onc2cc(CN)ccc12. The van der Waals surface area contributed by atoms with Crippen molar-refractivity contribution in [2.45, 2.75) is 19.9 Å².